The lowest BCUT2D eigenvalue weighted by molar-refractivity contribution is -0.645. The molecule has 2 heterocycles. The lowest BCUT2D eigenvalue weighted by atomic mass is 9.97. The van der Waals surface area contributed by atoms with Crippen LogP contribution in [0.5, 0.6) is 0 Å². The largest absolute Gasteiger partial charge is 0.384 e. The molecule has 1 aliphatic heterocycles. The van der Waals surface area contributed by atoms with Crippen LogP contribution in [0.2, 0.25) is 0 Å². The Hall–Kier alpha value is -2.17. The molecule has 3 N–H and O–H groups in total. The van der Waals surface area contributed by atoms with Gasteiger partial charge in [-0.25, -0.2) is 4.98 Å². The number of hydrogen-bond donors (Lipinski definition) is 1. The fourth-order valence-corrected chi connectivity index (χ4v) is 4.48. The van der Waals surface area contributed by atoms with Gasteiger partial charge in [-0.3, -0.25) is 9.69 Å². The molecule has 0 unspecified atom stereocenters. The molecule has 2 aliphatic rings. The molecule has 1 aliphatic carbocycles. The molecule has 0 radical (unpaired) electrons. The van der Waals surface area contributed by atoms with Crippen LogP contribution in [0, 0.1) is 11.3 Å². The average molecular weight is 402 g/mol. The summed E-state index contributed by atoms with van der Waals surface area (Å²) in [5.74, 6) is 1.56. The average Bonchev–Trinajstić information content (AvgIpc) is 3.22. The number of carbonyl (C=O) groups excluding carboxylic acids is 1. The molecule has 1 aromatic rings. The molecular weight excluding hydrogens is 366 g/mol. The van der Waals surface area contributed by atoms with Gasteiger partial charge in [0.25, 0.3) is 11.7 Å². The summed E-state index contributed by atoms with van der Waals surface area (Å²) < 4.78 is 5.04. The van der Waals surface area contributed by atoms with Gasteiger partial charge in [0, 0.05) is 19.4 Å². The third kappa shape index (κ3) is 4.88. The number of hydrogen-bond acceptors (Lipinski definition) is 4. The van der Waals surface area contributed by atoms with Crippen molar-refractivity contribution in [2.45, 2.75) is 45.4 Å². The first kappa shape index (κ1) is 21.5. The first-order valence-corrected chi connectivity index (χ1v) is 10.9. The number of nitrogens with zero attached hydrogens (tertiary/aromatic N) is 3. The zero-order valence-corrected chi connectivity index (χ0v) is 18.1. The second kappa shape index (κ2) is 10.0. The number of H-pyrrole nitrogens is 1. The maximum atomic E-state index is 12.5. The van der Waals surface area contributed by atoms with Crippen LogP contribution in [0.1, 0.15) is 55.0 Å². The molecule has 1 amide bonds. The lowest BCUT2D eigenvalue weighted by Gasteiger charge is -2.31. The van der Waals surface area contributed by atoms with Gasteiger partial charge in [-0.05, 0) is 30.4 Å². The van der Waals surface area contributed by atoms with Crippen molar-refractivity contribution in [1.82, 2.24) is 4.90 Å². The number of carbonyl (C=O) groups is 1. The van der Waals surface area contributed by atoms with E-state index in [0.717, 1.165) is 63.3 Å². The highest BCUT2D eigenvalue weighted by atomic mass is 16.5. The highest BCUT2D eigenvalue weighted by molar-refractivity contribution is 5.77. The van der Waals surface area contributed by atoms with E-state index in [0.29, 0.717) is 25.6 Å². The third-order valence-corrected chi connectivity index (χ3v) is 6.05. The number of aromatic nitrogens is 1. The Balaban J connectivity index is 1.65. The van der Waals surface area contributed by atoms with Crippen molar-refractivity contribution in [2.24, 2.45) is 0 Å². The Morgan fingerprint density at radius 3 is 2.62 bits per heavy atom. The van der Waals surface area contributed by atoms with Crippen LogP contribution in [-0.2, 0) is 22.4 Å². The second-order valence-electron chi connectivity index (χ2n) is 8.34. The highest BCUT2D eigenvalue weighted by Gasteiger charge is 2.34. The summed E-state index contributed by atoms with van der Waals surface area (Å²) in [6, 6.07) is 2.47. The molecule has 0 spiro atoms. The van der Waals surface area contributed by atoms with Crippen LogP contribution in [0.25, 0.3) is 0 Å². The van der Waals surface area contributed by atoms with Gasteiger partial charge in [0.2, 0.25) is 0 Å². The smallest absolute Gasteiger partial charge is 0.293 e. The van der Waals surface area contributed by atoms with Crippen LogP contribution in [0.15, 0.2) is 0 Å². The predicted octanol–water partition coefficient (Wildman–Crippen LogP) is 0.233. The molecule has 29 heavy (non-hydrogen) atoms. The fourth-order valence-electron chi connectivity index (χ4n) is 4.48. The summed E-state index contributed by atoms with van der Waals surface area (Å²) in [5.41, 5.74) is 4.69. The zero-order chi connectivity index (χ0) is 20.8. The van der Waals surface area contributed by atoms with E-state index in [1.165, 1.54) is 16.8 Å². The van der Waals surface area contributed by atoms with Crippen molar-refractivity contribution < 1.29 is 19.8 Å². The summed E-state index contributed by atoms with van der Waals surface area (Å²) in [5, 5.41) is 11.9. The number of piperazine rings is 1. The molecule has 0 saturated carbocycles. The quantitative estimate of drug-likeness (QED) is 0.632. The minimum atomic E-state index is 0.198. The van der Waals surface area contributed by atoms with Crippen molar-refractivity contribution in [3.05, 3.63) is 22.4 Å². The van der Waals surface area contributed by atoms with E-state index in [1.54, 1.807) is 7.11 Å². The third-order valence-electron chi connectivity index (χ3n) is 6.05. The first-order chi connectivity index (χ1) is 14.1. The Bertz CT molecular complexity index is 763. The van der Waals surface area contributed by atoms with Crippen LogP contribution >= 0.6 is 0 Å². The van der Waals surface area contributed by atoms with Gasteiger partial charge in [0.15, 0.2) is 6.54 Å². The Labute approximate surface area is 174 Å². The number of aromatic amines is 1. The molecule has 7 nitrogen and oxygen atoms in total. The summed E-state index contributed by atoms with van der Waals surface area (Å²) in [4.78, 5) is 20.3. The zero-order valence-electron chi connectivity index (χ0n) is 18.1. The van der Waals surface area contributed by atoms with Gasteiger partial charge in [-0.15, -0.1) is 0 Å². The maximum Gasteiger partial charge on any atom is 0.293 e. The van der Waals surface area contributed by atoms with Crippen molar-refractivity contribution in [3.8, 4) is 6.07 Å². The molecule has 0 bridgehead atoms. The standard InChI is InChI=1S/C22H33N5O2/c1-16(2)21-18-7-4-6-17(18)19(14-23)22(25-21)27-11-9-26(10-12-27)20(28)15-24-8-5-13-29-3/h16,24H,4-13,15H2,1-3H3/p+2. The molecule has 7 heteroatoms. The molecule has 0 aromatic carbocycles. The SMILES string of the molecule is COCCC[NH2+]CC(=O)N1CCN(c2[nH+]c(C(C)C)c3c(c2C#N)CCC3)CC1. The predicted molar refractivity (Wildman–Crippen MR) is 111 cm³/mol. The molecule has 3 rings (SSSR count). The van der Waals surface area contributed by atoms with Gasteiger partial charge in [0.05, 0.1) is 26.2 Å². The number of nitrogens with one attached hydrogen (secondary N) is 1. The summed E-state index contributed by atoms with van der Waals surface area (Å²) in [7, 11) is 1.70. The van der Waals surface area contributed by atoms with E-state index in [-0.39, 0.29) is 5.91 Å². The molecule has 1 saturated heterocycles. The Morgan fingerprint density at radius 1 is 1.24 bits per heavy atom. The highest BCUT2D eigenvalue weighted by Crippen LogP contribution is 2.33. The van der Waals surface area contributed by atoms with E-state index in [4.69, 9.17) is 4.74 Å². The number of amides is 1. The molecule has 0 atom stereocenters. The number of nitriles is 1. The fraction of sp³-hybridized carbons (Fsp3) is 0.682. The topological polar surface area (TPSA) is 87.3 Å². The van der Waals surface area contributed by atoms with Crippen LogP contribution in [0.4, 0.5) is 5.82 Å². The van der Waals surface area contributed by atoms with Gasteiger partial charge in [-0.2, -0.15) is 5.26 Å². The number of nitrogens with two attached hydrogens (primary N) is 1. The number of fused-ring (bicyclic) bond motifs is 1. The number of methoxy groups -OCH3 is 1. The number of anilines is 1. The molecule has 1 aromatic heterocycles. The van der Waals surface area contributed by atoms with Crippen molar-refractivity contribution in [2.75, 3.05) is 57.9 Å². The lowest BCUT2D eigenvalue weighted by Crippen LogP contribution is -2.87. The minimum Gasteiger partial charge on any atom is -0.384 e. The van der Waals surface area contributed by atoms with E-state index in [9.17, 15) is 10.1 Å². The van der Waals surface area contributed by atoms with E-state index in [1.807, 2.05) is 4.90 Å². The van der Waals surface area contributed by atoms with E-state index >= 15 is 0 Å². The number of rotatable bonds is 8. The van der Waals surface area contributed by atoms with Gasteiger partial charge >= 0.3 is 0 Å². The Kier molecular flexibility index (Phi) is 7.45. The second-order valence-corrected chi connectivity index (χ2v) is 8.34. The normalized spacial score (nSPS) is 16.2. The molecule has 1 fully saturated rings. The van der Waals surface area contributed by atoms with Gasteiger partial charge in [0.1, 0.15) is 30.4 Å². The molecule has 158 valence electrons. The first-order valence-electron chi connectivity index (χ1n) is 10.9. The number of pyridine rings is 1. The maximum absolute atomic E-state index is 12.5. The number of quaternary nitrogens is 1. The summed E-state index contributed by atoms with van der Waals surface area (Å²) in [6.07, 6.45) is 4.15. The minimum absolute atomic E-state index is 0.198. The van der Waals surface area contributed by atoms with E-state index in [2.05, 4.69) is 35.1 Å². The van der Waals surface area contributed by atoms with Crippen LogP contribution < -0.4 is 15.2 Å². The molecular formula is C22H35N5O2+2. The number of ether oxygens (including phenoxy) is 1. The van der Waals surface area contributed by atoms with Crippen molar-refractivity contribution in [3.63, 3.8) is 0 Å². The summed E-state index contributed by atoms with van der Waals surface area (Å²) in [6.45, 7) is 9.49. The summed E-state index contributed by atoms with van der Waals surface area (Å²) >= 11 is 0. The van der Waals surface area contributed by atoms with Crippen molar-refractivity contribution in [1.29, 1.82) is 5.26 Å². The Morgan fingerprint density at radius 2 is 1.97 bits per heavy atom. The van der Waals surface area contributed by atoms with E-state index < -0.39 is 0 Å². The monoisotopic (exact) mass is 401 g/mol. The van der Waals surface area contributed by atoms with Gasteiger partial charge < -0.3 is 15.0 Å². The van der Waals surface area contributed by atoms with Gasteiger partial charge in [-0.1, -0.05) is 13.8 Å². The van der Waals surface area contributed by atoms with Crippen LogP contribution in [0.3, 0.4) is 0 Å². The van der Waals surface area contributed by atoms with Crippen LogP contribution in [-0.4, -0.2) is 63.8 Å². The van der Waals surface area contributed by atoms with Crippen molar-refractivity contribution >= 4 is 11.7 Å².